The summed E-state index contributed by atoms with van der Waals surface area (Å²) in [4.78, 5) is 17.1. The maximum atomic E-state index is 11.1. The molecule has 8 heteroatoms. The lowest BCUT2D eigenvalue weighted by Crippen LogP contribution is -2.49. The van der Waals surface area contributed by atoms with Gasteiger partial charge in [-0.25, -0.2) is 4.98 Å². The van der Waals surface area contributed by atoms with Crippen LogP contribution in [0.25, 0.3) is 0 Å². The molecule has 0 radical (unpaired) electrons. The third-order valence-electron chi connectivity index (χ3n) is 2.09. The Bertz CT molecular complexity index is 396. The molecule has 1 aromatic rings. The second-order valence-corrected chi connectivity index (χ2v) is 3.65. The maximum absolute atomic E-state index is 11.1. The highest BCUT2D eigenvalue weighted by molar-refractivity contribution is 6.32. The van der Waals surface area contributed by atoms with Gasteiger partial charge in [-0.1, -0.05) is 11.6 Å². The van der Waals surface area contributed by atoms with Crippen LogP contribution in [0.4, 0.5) is 5.82 Å². The van der Waals surface area contributed by atoms with Gasteiger partial charge < -0.3 is 25.6 Å². The van der Waals surface area contributed by atoms with Crippen molar-refractivity contribution in [3.63, 3.8) is 0 Å². The molecule has 0 aliphatic heterocycles. The first-order valence-electron chi connectivity index (χ1n) is 4.42. The van der Waals surface area contributed by atoms with Crippen molar-refractivity contribution in [3.8, 4) is 0 Å². The SMILES string of the molecule is O=c1[nH]cnc(NC(CO)(CO)CO)c1Cl. The average molecular weight is 250 g/mol. The van der Waals surface area contributed by atoms with E-state index >= 15 is 0 Å². The number of nitrogens with zero attached hydrogens (tertiary/aromatic N) is 1. The van der Waals surface area contributed by atoms with Gasteiger partial charge in [-0.3, -0.25) is 4.79 Å². The summed E-state index contributed by atoms with van der Waals surface area (Å²) in [5.74, 6) is -0.0115. The number of anilines is 1. The summed E-state index contributed by atoms with van der Waals surface area (Å²) in [5.41, 5.74) is -1.92. The lowest BCUT2D eigenvalue weighted by molar-refractivity contribution is 0.0831. The molecular weight excluding hydrogens is 238 g/mol. The van der Waals surface area contributed by atoms with Crippen molar-refractivity contribution >= 4 is 17.4 Å². The van der Waals surface area contributed by atoms with E-state index in [1.54, 1.807) is 0 Å². The fourth-order valence-electron chi connectivity index (χ4n) is 0.990. The molecule has 1 aromatic heterocycles. The largest absolute Gasteiger partial charge is 0.394 e. The highest BCUT2D eigenvalue weighted by Crippen LogP contribution is 2.17. The predicted octanol–water partition coefficient (Wildman–Crippen LogP) is -1.45. The second-order valence-electron chi connectivity index (χ2n) is 3.27. The molecule has 0 bridgehead atoms. The van der Waals surface area contributed by atoms with Gasteiger partial charge in [0.15, 0.2) is 5.82 Å². The van der Waals surface area contributed by atoms with Crippen molar-refractivity contribution in [2.24, 2.45) is 0 Å². The molecule has 0 amide bonds. The minimum Gasteiger partial charge on any atom is -0.394 e. The second kappa shape index (κ2) is 5.26. The molecule has 0 fully saturated rings. The maximum Gasteiger partial charge on any atom is 0.271 e. The molecule has 1 rings (SSSR count). The van der Waals surface area contributed by atoms with Crippen LogP contribution < -0.4 is 10.9 Å². The van der Waals surface area contributed by atoms with Crippen LogP contribution >= 0.6 is 11.6 Å². The van der Waals surface area contributed by atoms with E-state index in [9.17, 15) is 4.79 Å². The minimum atomic E-state index is -1.37. The van der Waals surface area contributed by atoms with Crippen molar-refractivity contribution in [2.45, 2.75) is 5.54 Å². The number of aromatic nitrogens is 2. The molecule has 0 aliphatic rings. The Kier molecular flexibility index (Phi) is 4.25. The normalized spacial score (nSPS) is 11.5. The molecule has 5 N–H and O–H groups in total. The quantitative estimate of drug-likeness (QED) is 0.436. The fourth-order valence-corrected chi connectivity index (χ4v) is 1.14. The highest BCUT2D eigenvalue weighted by Gasteiger charge is 2.29. The Morgan fingerprint density at radius 1 is 1.38 bits per heavy atom. The van der Waals surface area contributed by atoms with Crippen LogP contribution in [-0.4, -0.2) is 50.6 Å². The first kappa shape index (κ1) is 12.9. The van der Waals surface area contributed by atoms with Gasteiger partial charge in [0.1, 0.15) is 10.6 Å². The number of H-pyrrole nitrogens is 1. The van der Waals surface area contributed by atoms with E-state index in [-0.39, 0.29) is 10.8 Å². The third kappa shape index (κ3) is 2.50. The van der Waals surface area contributed by atoms with Crippen LogP contribution in [0.1, 0.15) is 0 Å². The molecule has 0 atom stereocenters. The van der Waals surface area contributed by atoms with E-state index < -0.39 is 30.9 Å². The molecule has 1 heterocycles. The number of nitrogens with one attached hydrogen (secondary N) is 2. The van der Waals surface area contributed by atoms with Crippen molar-refractivity contribution < 1.29 is 15.3 Å². The van der Waals surface area contributed by atoms with Gasteiger partial charge in [0.2, 0.25) is 0 Å². The van der Waals surface area contributed by atoms with Gasteiger partial charge in [-0.05, 0) is 0 Å². The average Bonchev–Trinajstić information content (AvgIpc) is 2.32. The smallest absolute Gasteiger partial charge is 0.271 e. The Hall–Kier alpha value is -1.15. The van der Waals surface area contributed by atoms with Crippen molar-refractivity contribution in [3.05, 3.63) is 21.7 Å². The number of hydrogen-bond donors (Lipinski definition) is 5. The van der Waals surface area contributed by atoms with Gasteiger partial charge in [0.25, 0.3) is 5.56 Å². The molecule has 0 aliphatic carbocycles. The fraction of sp³-hybridized carbons (Fsp3) is 0.500. The zero-order valence-corrected chi connectivity index (χ0v) is 9.03. The number of hydrogen-bond acceptors (Lipinski definition) is 6. The number of aliphatic hydroxyl groups is 3. The molecule has 0 spiro atoms. The summed E-state index contributed by atoms with van der Waals surface area (Å²) in [6.07, 6.45) is 1.12. The van der Waals surface area contributed by atoms with E-state index in [1.807, 2.05) is 0 Å². The molecule has 16 heavy (non-hydrogen) atoms. The predicted molar refractivity (Wildman–Crippen MR) is 57.5 cm³/mol. The number of rotatable bonds is 5. The van der Waals surface area contributed by atoms with E-state index in [2.05, 4.69) is 15.3 Å². The van der Waals surface area contributed by atoms with Crippen LogP contribution in [-0.2, 0) is 0 Å². The van der Waals surface area contributed by atoms with Crippen LogP contribution in [0.5, 0.6) is 0 Å². The summed E-state index contributed by atoms with van der Waals surface area (Å²) in [6, 6.07) is 0. The van der Waals surface area contributed by atoms with Crippen LogP contribution in [0.15, 0.2) is 11.1 Å². The Labute approximate surface area is 95.7 Å². The van der Waals surface area contributed by atoms with Gasteiger partial charge in [0.05, 0.1) is 26.1 Å². The molecule has 0 unspecified atom stereocenters. The summed E-state index contributed by atoms with van der Waals surface area (Å²) in [6.45, 7) is -1.61. The Balaban J connectivity index is 3.03. The number of aromatic amines is 1. The molecule has 0 aromatic carbocycles. The van der Waals surface area contributed by atoms with Crippen LogP contribution in [0, 0.1) is 0 Å². The molecule has 0 saturated carbocycles. The van der Waals surface area contributed by atoms with Gasteiger partial charge >= 0.3 is 0 Å². The first-order chi connectivity index (χ1) is 7.58. The zero-order chi connectivity index (χ0) is 12.2. The van der Waals surface area contributed by atoms with Gasteiger partial charge in [-0.2, -0.15) is 0 Å². The van der Waals surface area contributed by atoms with Crippen molar-refractivity contribution in [1.82, 2.24) is 9.97 Å². The first-order valence-corrected chi connectivity index (χ1v) is 4.80. The van der Waals surface area contributed by atoms with E-state index in [1.165, 1.54) is 0 Å². The summed E-state index contributed by atoms with van der Waals surface area (Å²) in [7, 11) is 0. The zero-order valence-electron chi connectivity index (χ0n) is 8.27. The van der Waals surface area contributed by atoms with Crippen molar-refractivity contribution in [1.29, 1.82) is 0 Å². The summed E-state index contributed by atoms with van der Waals surface area (Å²) in [5, 5.41) is 29.5. The molecule has 7 nitrogen and oxygen atoms in total. The standard InChI is InChI=1S/C8H12ClN3O4/c9-5-6(10-4-11-7(5)16)12-8(1-13,2-14)3-15/h4,13-15H,1-3H2,(H2,10,11,12,16). The van der Waals surface area contributed by atoms with E-state index in [4.69, 9.17) is 26.9 Å². The van der Waals surface area contributed by atoms with Crippen molar-refractivity contribution in [2.75, 3.05) is 25.1 Å². The minimum absolute atomic E-state index is 0.0115. The lowest BCUT2D eigenvalue weighted by Gasteiger charge is -2.29. The molecular formula is C8H12ClN3O4. The van der Waals surface area contributed by atoms with Gasteiger partial charge in [-0.15, -0.1) is 0 Å². The number of aliphatic hydroxyl groups excluding tert-OH is 3. The third-order valence-corrected chi connectivity index (χ3v) is 2.44. The lowest BCUT2D eigenvalue weighted by atomic mass is 10.0. The molecule has 90 valence electrons. The molecule has 0 saturated heterocycles. The van der Waals surface area contributed by atoms with Crippen LogP contribution in [0.2, 0.25) is 5.02 Å². The highest BCUT2D eigenvalue weighted by atomic mass is 35.5. The topological polar surface area (TPSA) is 118 Å². The Morgan fingerprint density at radius 2 is 1.94 bits per heavy atom. The monoisotopic (exact) mass is 249 g/mol. The van der Waals surface area contributed by atoms with Crippen LogP contribution in [0.3, 0.4) is 0 Å². The van der Waals surface area contributed by atoms with E-state index in [0.29, 0.717) is 0 Å². The number of halogens is 1. The summed E-state index contributed by atoms with van der Waals surface area (Å²) >= 11 is 5.66. The van der Waals surface area contributed by atoms with E-state index in [0.717, 1.165) is 6.33 Å². The van der Waals surface area contributed by atoms with Gasteiger partial charge in [0, 0.05) is 0 Å². The summed E-state index contributed by atoms with van der Waals surface area (Å²) < 4.78 is 0. The Morgan fingerprint density at radius 3 is 2.44 bits per heavy atom.